The van der Waals surface area contributed by atoms with Crippen LogP contribution in [0.3, 0.4) is 0 Å². The number of methoxy groups -OCH3 is 1. The number of ether oxygens (including phenoxy) is 3. The summed E-state index contributed by atoms with van der Waals surface area (Å²) in [6, 6.07) is 25.3. The molecule has 0 bridgehead atoms. The second-order valence-electron chi connectivity index (χ2n) is 9.53. The lowest BCUT2D eigenvalue weighted by Gasteiger charge is -2.32. The van der Waals surface area contributed by atoms with Gasteiger partial charge in [0.15, 0.2) is 11.5 Å². The number of hydrazone groups is 1. The van der Waals surface area contributed by atoms with E-state index in [9.17, 15) is 4.79 Å². The van der Waals surface area contributed by atoms with Gasteiger partial charge in [0.05, 0.1) is 13.7 Å². The summed E-state index contributed by atoms with van der Waals surface area (Å²) in [5.41, 5.74) is 3.92. The summed E-state index contributed by atoms with van der Waals surface area (Å²) < 4.78 is 17.9. The van der Waals surface area contributed by atoms with Crippen LogP contribution in [-0.2, 0) is 27.4 Å². The lowest BCUT2D eigenvalue weighted by molar-refractivity contribution is -0.138. The zero-order valence-corrected chi connectivity index (χ0v) is 22.1. The molecule has 0 radical (unpaired) electrons. The van der Waals surface area contributed by atoms with Gasteiger partial charge in [0, 0.05) is 16.8 Å². The SMILES string of the molecule is COC(=O)C1=C(OCc2ccccc2)c2cccc(Oc3ccccc3)c2CN1N=C(C(C)C)C(C)C. The summed E-state index contributed by atoms with van der Waals surface area (Å²) in [5, 5.41) is 6.70. The second kappa shape index (κ2) is 11.8. The van der Waals surface area contributed by atoms with Crippen molar-refractivity contribution >= 4 is 17.4 Å². The molecule has 1 heterocycles. The highest BCUT2D eigenvalue weighted by Crippen LogP contribution is 2.40. The number of para-hydroxylation sites is 1. The molecule has 0 N–H and O–H groups in total. The fraction of sp³-hybridized carbons (Fsp3) is 0.290. The maximum absolute atomic E-state index is 13.2. The first-order chi connectivity index (χ1) is 17.9. The third-order valence-corrected chi connectivity index (χ3v) is 6.15. The molecule has 0 saturated heterocycles. The van der Waals surface area contributed by atoms with E-state index in [1.54, 1.807) is 5.01 Å². The van der Waals surface area contributed by atoms with Gasteiger partial charge in [-0.2, -0.15) is 5.10 Å². The third kappa shape index (κ3) is 6.02. The minimum Gasteiger partial charge on any atom is -0.486 e. The molecule has 0 unspecified atom stereocenters. The number of hydrogen-bond donors (Lipinski definition) is 0. The highest BCUT2D eigenvalue weighted by molar-refractivity contribution is 5.97. The van der Waals surface area contributed by atoms with Crippen LogP contribution in [0.1, 0.15) is 44.4 Å². The molecule has 1 aliphatic heterocycles. The summed E-state index contributed by atoms with van der Waals surface area (Å²) in [4.78, 5) is 13.2. The highest BCUT2D eigenvalue weighted by Gasteiger charge is 2.34. The number of nitrogens with zero attached hydrogens (tertiary/aromatic N) is 2. The Labute approximate surface area is 219 Å². The molecule has 0 aliphatic carbocycles. The Balaban J connectivity index is 1.87. The first kappa shape index (κ1) is 26.0. The van der Waals surface area contributed by atoms with Gasteiger partial charge in [-0.1, -0.05) is 88.4 Å². The van der Waals surface area contributed by atoms with Crippen molar-refractivity contribution in [3.8, 4) is 11.5 Å². The fourth-order valence-corrected chi connectivity index (χ4v) is 4.42. The van der Waals surface area contributed by atoms with Gasteiger partial charge in [0.1, 0.15) is 18.1 Å². The molecule has 6 heteroatoms. The van der Waals surface area contributed by atoms with Crippen molar-refractivity contribution in [1.82, 2.24) is 5.01 Å². The fourth-order valence-electron chi connectivity index (χ4n) is 4.42. The Hall–Kier alpha value is -4.06. The molecule has 1 aliphatic rings. The van der Waals surface area contributed by atoms with Gasteiger partial charge in [-0.05, 0) is 35.6 Å². The number of carbonyl (C=O) groups excluding carboxylic acids is 1. The van der Waals surface area contributed by atoms with Crippen molar-refractivity contribution < 1.29 is 19.0 Å². The maximum atomic E-state index is 13.2. The van der Waals surface area contributed by atoms with Crippen molar-refractivity contribution in [3.05, 3.63) is 101 Å². The summed E-state index contributed by atoms with van der Waals surface area (Å²) in [6.07, 6.45) is 0. The molecule has 0 atom stereocenters. The third-order valence-electron chi connectivity index (χ3n) is 6.15. The lowest BCUT2D eigenvalue weighted by Crippen LogP contribution is -2.32. The number of hydrogen-bond acceptors (Lipinski definition) is 6. The van der Waals surface area contributed by atoms with E-state index < -0.39 is 5.97 Å². The van der Waals surface area contributed by atoms with Gasteiger partial charge in [0.25, 0.3) is 0 Å². The Kier molecular flexibility index (Phi) is 8.29. The van der Waals surface area contributed by atoms with Crippen molar-refractivity contribution in [2.75, 3.05) is 7.11 Å². The zero-order chi connectivity index (χ0) is 26.4. The van der Waals surface area contributed by atoms with Gasteiger partial charge < -0.3 is 14.2 Å². The molecule has 6 nitrogen and oxygen atoms in total. The Morgan fingerprint density at radius 2 is 1.54 bits per heavy atom. The first-order valence-corrected chi connectivity index (χ1v) is 12.6. The molecule has 0 spiro atoms. The quantitative estimate of drug-likeness (QED) is 0.234. The van der Waals surface area contributed by atoms with Crippen LogP contribution >= 0.6 is 0 Å². The minimum atomic E-state index is -0.501. The van der Waals surface area contributed by atoms with E-state index in [4.69, 9.17) is 19.3 Å². The van der Waals surface area contributed by atoms with Crippen molar-refractivity contribution in [2.24, 2.45) is 16.9 Å². The number of fused-ring (bicyclic) bond motifs is 1. The Morgan fingerprint density at radius 1 is 0.892 bits per heavy atom. The number of benzene rings is 3. The summed E-state index contributed by atoms with van der Waals surface area (Å²) in [6.45, 7) is 9.05. The Morgan fingerprint density at radius 3 is 2.16 bits per heavy atom. The van der Waals surface area contributed by atoms with Crippen LogP contribution in [0.2, 0.25) is 0 Å². The largest absolute Gasteiger partial charge is 0.486 e. The molecule has 4 rings (SSSR count). The summed E-state index contributed by atoms with van der Waals surface area (Å²) in [7, 11) is 1.38. The predicted octanol–water partition coefficient (Wildman–Crippen LogP) is 7.02. The Bertz CT molecular complexity index is 1270. The second-order valence-corrected chi connectivity index (χ2v) is 9.53. The van der Waals surface area contributed by atoms with Gasteiger partial charge in [0.2, 0.25) is 0 Å². The predicted molar refractivity (Wildman–Crippen MR) is 146 cm³/mol. The number of carbonyl (C=O) groups is 1. The molecule has 192 valence electrons. The number of rotatable bonds is 9. The minimum absolute atomic E-state index is 0.199. The average molecular weight is 499 g/mol. The van der Waals surface area contributed by atoms with Crippen LogP contribution in [0.5, 0.6) is 11.5 Å². The van der Waals surface area contributed by atoms with Crippen LogP contribution in [0.25, 0.3) is 5.76 Å². The van der Waals surface area contributed by atoms with Crippen LogP contribution in [0.4, 0.5) is 0 Å². The van der Waals surface area contributed by atoms with E-state index in [-0.39, 0.29) is 17.5 Å². The van der Waals surface area contributed by atoms with E-state index in [0.717, 1.165) is 28.2 Å². The zero-order valence-electron chi connectivity index (χ0n) is 22.1. The molecule has 3 aromatic rings. The molecule has 0 fully saturated rings. The summed E-state index contributed by atoms with van der Waals surface area (Å²) >= 11 is 0. The standard InChI is InChI=1S/C31H34N2O4/c1-21(2)28(22(3)4)32-33-19-26-25(17-12-18-27(26)37-24-15-10-7-11-16-24)30(29(33)31(34)35-5)36-20-23-13-8-6-9-14-23/h6-18,21-22H,19-20H2,1-5H3. The van der Waals surface area contributed by atoms with Gasteiger partial charge in [-0.25, -0.2) is 4.79 Å². The molecule has 3 aromatic carbocycles. The first-order valence-electron chi connectivity index (χ1n) is 12.6. The monoisotopic (exact) mass is 498 g/mol. The van der Waals surface area contributed by atoms with E-state index in [0.29, 0.717) is 24.7 Å². The molecule has 0 amide bonds. The highest BCUT2D eigenvalue weighted by atomic mass is 16.5. The van der Waals surface area contributed by atoms with Crippen LogP contribution in [0.15, 0.2) is 89.7 Å². The normalized spacial score (nSPS) is 12.9. The van der Waals surface area contributed by atoms with Gasteiger partial charge in [-0.15, -0.1) is 0 Å². The van der Waals surface area contributed by atoms with E-state index >= 15 is 0 Å². The smallest absolute Gasteiger partial charge is 0.360 e. The van der Waals surface area contributed by atoms with E-state index in [1.807, 2.05) is 78.9 Å². The summed E-state index contributed by atoms with van der Waals surface area (Å²) in [5.74, 6) is 1.73. The molecule has 0 saturated carbocycles. The molecule has 37 heavy (non-hydrogen) atoms. The van der Waals surface area contributed by atoms with Gasteiger partial charge >= 0.3 is 5.97 Å². The lowest BCUT2D eigenvalue weighted by atomic mass is 9.97. The van der Waals surface area contributed by atoms with E-state index in [1.165, 1.54) is 7.11 Å². The van der Waals surface area contributed by atoms with Crippen LogP contribution in [0, 0.1) is 11.8 Å². The topological polar surface area (TPSA) is 60.4 Å². The van der Waals surface area contributed by atoms with Crippen molar-refractivity contribution in [3.63, 3.8) is 0 Å². The van der Waals surface area contributed by atoms with Crippen molar-refractivity contribution in [2.45, 2.75) is 40.8 Å². The number of esters is 1. The van der Waals surface area contributed by atoms with E-state index in [2.05, 4.69) is 27.7 Å². The molecular weight excluding hydrogens is 464 g/mol. The van der Waals surface area contributed by atoms with Crippen molar-refractivity contribution in [1.29, 1.82) is 0 Å². The molecule has 0 aromatic heterocycles. The van der Waals surface area contributed by atoms with Crippen LogP contribution < -0.4 is 4.74 Å². The maximum Gasteiger partial charge on any atom is 0.360 e. The molecular formula is C31H34N2O4. The van der Waals surface area contributed by atoms with Gasteiger partial charge in [-0.3, -0.25) is 5.01 Å². The van der Waals surface area contributed by atoms with Crippen LogP contribution in [-0.4, -0.2) is 23.8 Å². The average Bonchev–Trinajstić information content (AvgIpc) is 2.90.